The van der Waals surface area contributed by atoms with Crippen molar-refractivity contribution in [2.24, 2.45) is 0 Å². The summed E-state index contributed by atoms with van der Waals surface area (Å²) in [6, 6.07) is 10.1. The van der Waals surface area contributed by atoms with Crippen LogP contribution in [-0.2, 0) is 0 Å². The molecule has 0 unspecified atom stereocenters. The minimum atomic E-state index is -1.09. The number of nitrogen functional groups attached to an aromatic ring is 1. The molecular weight excluding hydrogens is 258 g/mol. The number of hydrogen-bond donors (Lipinski definition) is 2. The predicted molar refractivity (Wildman–Crippen MR) is 75.6 cm³/mol. The van der Waals surface area contributed by atoms with Gasteiger partial charge in [-0.05, 0) is 36.8 Å². The van der Waals surface area contributed by atoms with Crippen LogP contribution in [-0.4, -0.2) is 18.2 Å². The Morgan fingerprint density at radius 3 is 2.55 bits per heavy atom. The molecule has 104 valence electrons. The molecule has 0 aromatic heterocycles. The van der Waals surface area contributed by atoms with Gasteiger partial charge in [0.1, 0.15) is 0 Å². The minimum Gasteiger partial charge on any atom is -0.493 e. The van der Waals surface area contributed by atoms with Gasteiger partial charge in [0.15, 0.2) is 17.2 Å². The molecule has 0 saturated carbocycles. The van der Waals surface area contributed by atoms with Gasteiger partial charge in [-0.2, -0.15) is 0 Å². The molecule has 0 fully saturated rings. The molecule has 0 radical (unpaired) electrons. The summed E-state index contributed by atoms with van der Waals surface area (Å²) in [5.74, 6) is 0.230. The fraction of sp³-hybridized carbons (Fsp3) is 0.133. The lowest BCUT2D eigenvalue weighted by atomic mass is 10.1. The highest BCUT2D eigenvalue weighted by atomic mass is 16.5. The Bertz CT molecular complexity index is 652. The third kappa shape index (κ3) is 2.66. The molecular formula is C15H15NO4. The summed E-state index contributed by atoms with van der Waals surface area (Å²) in [7, 11) is 1.54. The number of carboxylic acid groups (broad SMARTS) is 1. The molecule has 2 aromatic rings. The number of aryl methyl sites for hydroxylation is 1. The molecule has 5 heteroatoms. The highest BCUT2D eigenvalue weighted by molar-refractivity contribution is 5.95. The number of methoxy groups -OCH3 is 1. The van der Waals surface area contributed by atoms with Crippen LogP contribution in [0.15, 0.2) is 36.4 Å². The maximum absolute atomic E-state index is 11.0. The van der Waals surface area contributed by atoms with E-state index < -0.39 is 5.97 Å². The van der Waals surface area contributed by atoms with Crippen molar-refractivity contribution >= 4 is 11.7 Å². The molecule has 0 saturated heterocycles. The molecule has 0 aliphatic rings. The van der Waals surface area contributed by atoms with Crippen molar-refractivity contribution in [2.45, 2.75) is 6.92 Å². The van der Waals surface area contributed by atoms with Crippen molar-refractivity contribution < 1.29 is 19.4 Å². The number of carboxylic acids is 1. The lowest BCUT2D eigenvalue weighted by Gasteiger charge is -2.13. The maximum atomic E-state index is 11.0. The highest BCUT2D eigenvalue weighted by Gasteiger charge is 2.14. The van der Waals surface area contributed by atoms with Crippen LogP contribution in [0.3, 0.4) is 0 Å². The van der Waals surface area contributed by atoms with E-state index in [1.54, 1.807) is 25.3 Å². The van der Waals surface area contributed by atoms with Crippen LogP contribution >= 0.6 is 0 Å². The maximum Gasteiger partial charge on any atom is 0.337 e. The van der Waals surface area contributed by atoms with Crippen LogP contribution in [0.1, 0.15) is 15.9 Å². The molecule has 0 heterocycles. The summed E-state index contributed by atoms with van der Waals surface area (Å²) in [5.41, 5.74) is 6.93. The van der Waals surface area contributed by atoms with E-state index in [2.05, 4.69) is 0 Å². The monoisotopic (exact) mass is 273 g/mol. The van der Waals surface area contributed by atoms with E-state index in [9.17, 15) is 4.79 Å². The van der Waals surface area contributed by atoms with E-state index >= 15 is 0 Å². The van der Waals surface area contributed by atoms with Gasteiger partial charge >= 0.3 is 5.97 Å². The number of para-hydroxylation sites is 1. The number of hydrogen-bond acceptors (Lipinski definition) is 4. The molecule has 5 nitrogen and oxygen atoms in total. The lowest BCUT2D eigenvalue weighted by Crippen LogP contribution is -2.04. The Kier molecular flexibility index (Phi) is 3.79. The summed E-state index contributed by atoms with van der Waals surface area (Å²) < 4.78 is 10.9. The van der Waals surface area contributed by atoms with Crippen LogP contribution in [0.5, 0.6) is 17.2 Å². The summed E-state index contributed by atoms with van der Waals surface area (Å²) in [5, 5.41) is 9.03. The third-order valence-electron chi connectivity index (χ3n) is 2.84. The van der Waals surface area contributed by atoms with Gasteiger partial charge in [0.05, 0.1) is 18.4 Å². The summed E-state index contributed by atoms with van der Waals surface area (Å²) >= 11 is 0. The average molecular weight is 273 g/mol. The Balaban J connectivity index is 2.40. The second-order valence-electron chi connectivity index (χ2n) is 4.28. The van der Waals surface area contributed by atoms with Crippen molar-refractivity contribution in [1.82, 2.24) is 0 Å². The van der Waals surface area contributed by atoms with E-state index in [0.29, 0.717) is 11.5 Å². The van der Waals surface area contributed by atoms with Gasteiger partial charge in [-0.15, -0.1) is 0 Å². The van der Waals surface area contributed by atoms with Gasteiger partial charge < -0.3 is 20.3 Å². The van der Waals surface area contributed by atoms with E-state index in [-0.39, 0.29) is 17.0 Å². The first-order valence-electron chi connectivity index (χ1n) is 5.97. The number of nitrogens with two attached hydrogens (primary N) is 1. The third-order valence-corrected chi connectivity index (χ3v) is 2.84. The zero-order valence-corrected chi connectivity index (χ0v) is 11.2. The quantitative estimate of drug-likeness (QED) is 0.836. The Morgan fingerprint density at radius 2 is 1.90 bits per heavy atom. The average Bonchev–Trinajstić information content (AvgIpc) is 2.42. The van der Waals surface area contributed by atoms with E-state index in [1.165, 1.54) is 6.07 Å². The molecule has 0 spiro atoms. The van der Waals surface area contributed by atoms with Gasteiger partial charge in [0.25, 0.3) is 0 Å². The topological polar surface area (TPSA) is 81.8 Å². The van der Waals surface area contributed by atoms with Crippen LogP contribution in [0.25, 0.3) is 0 Å². The second-order valence-corrected chi connectivity index (χ2v) is 4.28. The Labute approximate surface area is 116 Å². The molecule has 0 amide bonds. The fourth-order valence-corrected chi connectivity index (χ4v) is 1.80. The molecule has 0 bridgehead atoms. The zero-order chi connectivity index (χ0) is 14.7. The van der Waals surface area contributed by atoms with Crippen molar-refractivity contribution in [3.63, 3.8) is 0 Å². The van der Waals surface area contributed by atoms with Crippen LogP contribution in [0.2, 0.25) is 0 Å². The Hall–Kier alpha value is -2.69. The fourth-order valence-electron chi connectivity index (χ4n) is 1.80. The minimum absolute atomic E-state index is 0.00794. The zero-order valence-electron chi connectivity index (χ0n) is 11.2. The number of benzene rings is 2. The van der Waals surface area contributed by atoms with Crippen LogP contribution in [0, 0.1) is 6.92 Å². The van der Waals surface area contributed by atoms with Crippen LogP contribution in [0.4, 0.5) is 5.69 Å². The Morgan fingerprint density at radius 1 is 1.15 bits per heavy atom. The number of aromatic carboxylic acids is 1. The molecule has 3 N–H and O–H groups in total. The van der Waals surface area contributed by atoms with Crippen molar-refractivity contribution in [2.75, 3.05) is 12.8 Å². The second kappa shape index (κ2) is 5.52. The standard InChI is InChI=1S/C15H15NO4/c1-9-6-7-11(13(8-9)19-2)20-12-5-3-4-10(14(12)16)15(17)18/h3-8H,16H2,1-2H3,(H,17,18). The molecule has 20 heavy (non-hydrogen) atoms. The van der Waals surface area contributed by atoms with Crippen LogP contribution < -0.4 is 15.2 Å². The summed E-state index contributed by atoms with van der Waals surface area (Å²) in [6.07, 6.45) is 0. The molecule has 0 aliphatic carbocycles. The first-order chi connectivity index (χ1) is 9.52. The summed E-state index contributed by atoms with van der Waals surface area (Å²) in [4.78, 5) is 11.0. The van der Waals surface area contributed by atoms with Gasteiger partial charge in [-0.25, -0.2) is 4.79 Å². The number of ether oxygens (including phenoxy) is 2. The first-order valence-corrected chi connectivity index (χ1v) is 5.97. The molecule has 2 rings (SSSR count). The molecule has 0 atom stereocenters. The van der Waals surface area contributed by atoms with Gasteiger partial charge in [-0.1, -0.05) is 12.1 Å². The van der Waals surface area contributed by atoms with E-state index in [1.807, 2.05) is 19.1 Å². The summed E-state index contributed by atoms with van der Waals surface area (Å²) in [6.45, 7) is 1.94. The van der Waals surface area contributed by atoms with Gasteiger partial charge in [0.2, 0.25) is 0 Å². The largest absolute Gasteiger partial charge is 0.493 e. The first kappa shape index (κ1) is 13.7. The van der Waals surface area contributed by atoms with Crippen molar-refractivity contribution in [3.8, 4) is 17.2 Å². The van der Waals surface area contributed by atoms with Gasteiger partial charge in [0, 0.05) is 0 Å². The van der Waals surface area contributed by atoms with Crippen molar-refractivity contribution in [1.29, 1.82) is 0 Å². The van der Waals surface area contributed by atoms with Gasteiger partial charge in [-0.3, -0.25) is 0 Å². The smallest absolute Gasteiger partial charge is 0.337 e. The normalized spacial score (nSPS) is 10.1. The molecule has 2 aromatic carbocycles. The SMILES string of the molecule is COc1cc(C)ccc1Oc1cccc(C(=O)O)c1N. The number of carbonyl (C=O) groups is 1. The van der Waals surface area contributed by atoms with E-state index in [4.69, 9.17) is 20.3 Å². The predicted octanol–water partition coefficient (Wildman–Crippen LogP) is 3.08. The van der Waals surface area contributed by atoms with E-state index in [0.717, 1.165) is 5.56 Å². The highest BCUT2D eigenvalue weighted by Crippen LogP contribution is 2.35. The number of anilines is 1. The van der Waals surface area contributed by atoms with Crippen molar-refractivity contribution in [3.05, 3.63) is 47.5 Å². The number of rotatable bonds is 4. The molecule has 0 aliphatic heterocycles. The lowest BCUT2D eigenvalue weighted by molar-refractivity contribution is 0.0697.